The van der Waals surface area contributed by atoms with Crippen molar-refractivity contribution in [3.05, 3.63) is 12.2 Å². The lowest BCUT2D eigenvalue weighted by Crippen LogP contribution is -2.71. The van der Waals surface area contributed by atoms with Gasteiger partial charge in [-0.2, -0.15) is 0 Å². The zero-order chi connectivity index (χ0) is 23.6. The summed E-state index contributed by atoms with van der Waals surface area (Å²) in [5.41, 5.74) is -1.26. The number of hydrogen-bond acceptors (Lipinski definition) is 2. The highest BCUT2D eigenvalue weighted by Gasteiger charge is 2.51. The van der Waals surface area contributed by atoms with Crippen LogP contribution in [-0.4, -0.2) is 48.3 Å². The molecule has 0 aromatic carbocycles. The number of carbonyl (C=O) groups is 2. The Kier molecular flexibility index (Phi) is 16.5. The van der Waals surface area contributed by atoms with E-state index >= 15 is 0 Å². The third-order valence-electron chi connectivity index (χ3n) is 6.12. The predicted molar refractivity (Wildman–Crippen MR) is 131 cm³/mol. The first kappa shape index (κ1) is 29.6. The van der Waals surface area contributed by atoms with E-state index in [1.54, 1.807) is 0 Å². The highest BCUT2D eigenvalue weighted by atomic mass is 16.4. The van der Waals surface area contributed by atoms with Gasteiger partial charge in [0.05, 0.1) is 21.1 Å². The van der Waals surface area contributed by atoms with Crippen LogP contribution in [0, 0.1) is 0 Å². The maximum absolute atomic E-state index is 12.4. The van der Waals surface area contributed by atoms with E-state index in [4.69, 9.17) is 0 Å². The lowest BCUT2D eigenvalue weighted by molar-refractivity contribution is -0.917. The van der Waals surface area contributed by atoms with Crippen molar-refractivity contribution in [3.8, 4) is 0 Å². The fraction of sp³-hybridized carbons (Fsp3) is 0.846. The van der Waals surface area contributed by atoms with Crippen LogP contribution >= 0.6 is 0 Å². The van der Waals surface area contributed by atoms with Gasteiger partial charge in [0.2, 0.25) is 5.91 Å². The summed E-state index contributed by atoms with van der Waals surface area (Å²) >= 11 is 0. The van der Waals surface area contributed by atoms with E-state index in [0.717, 1.165) is 25.7 Å². The maximum atomic E-state index is 12.4. The van der Waals surface area contributed by atoms with Crippen LogP contribution in [0.3, 0.4) is 0 Å². The van der Waals surface area contributed by atoms with E-state index < -0.39 is 11.6 Å². The first-order chi connectivity index (χ1) is 14.7. The first-order valence-corrected chi connectivity index (χ1v) is 12.7. The van der Waals surface area contributed by atoms with E-state index in [0.29, 0.717) is 19.3 Å². The molecule has 0 aromatic heterocycles. The van der Waals surface area contributed by atoms with E-state index in [1.165, 1.54) is 57.8 Å². The van der Waals surface area contributed by atoms with Crippen molar-refractivity contribution in [2.24, 2.45) is 0 Å². The molecule has 0 aliphatic rings. The topological polar surface area (TPSA) is 66.4 Å². The van der Waals surface area contributed by atoms with E-state index in [-0.39, 0.29) is 10.4 Å². The summed E-state index contributed by atoms with van der Waals surface area (Å²) in [5.74, 6) is -1.11. The minimum absolute atomic E-state index is 0.151. The fourth-order valence-electron chi connectivity index (χ4n) is 4.02. The number of allylic oxidation sites excluding steroid dienone is 2. The van der Waals surface area contributed by atoms with Crippen LogP contribution in [0.4, 0.5) is 0 Å². The molecule has 0 radical (unpaired) electrons. The molecule has 0 spiro atoms. The third-order valence-corrected chi connectivity index (χ3v) is 6.12. The Labute approximate surface area is 192 Å². The SMILES string of the molecule is CCCCCCCCC=CCCCCCCCC(=O)NC(CCC)(C(=O)O)[N+](C)(C)C. The zero-order valence-electron chi connectivity index (χ0n) is 21.2. The van der Waals surface area contributed by atoms with Crippen molar-refractivity contribution in [2.75, 3.05) is 21.1 Å². The number of nitrogens with one attached hydrogen (secondary N) is 1. The predicted octanol–water partition coefficient (Wildman–Crippen LogP) is 6.43. The minimum atomic E-state index is -1.26. The monoisotopic (exact) mass is 439 g/mol. The first-order valence-electron chi connectivity index (χ1n) is 12.7. The summed E-state index contributed by atoms with van der Waals surface area (Å²) < 4.78 is 0.175. The molecular formula is C26H51N2O3+. The zero-order valence-corrected chi connectivity index (χ0v) is 21.2. The number of amides is 1. The summed E-state index contributed by atoms with van der Waals surface area (Å²) in [6, 6.07) is 0. The fourth-order valence-corrected chi connectivity index (χ4v) is 4.02. The molecule has 1 unspecified atom stereocenters. The lowest BCUT2D eigenvalue weighted by Gasteiger charge is -2.43. The molecule has 1 amide bonds. The van der Waals surface area contributed by atoms with Gasteiger partial charge in [-0.1, -0.05) is 77.4 Å². The van der Waals surface area contributed by atoms with Crippen molar-refractivity contribution < 1.29 is 19.2 Å². The number of rotatable bonds is 20. The van der Waals surface area contributed by atoms with Gasteiger partial charge >= 0.3 is 5.97 Å². The van der Waals surface area contributed by atoms with Gasteiger partial charge in [-0.3, -0.25) is 14.6 Å². The second-order valence-corrected chi connectivity index (χ2v) is 9.81. The van der Waals surface area contributed by atoms with Crippen LogP contribution in [-0.2, 0) is 9.59 Å². The molecule has 0 rings (SSSR count). The molecule has 0 aliphatic heterocycles. The maximum Gasteiger partial charge on any atom is 0.388 e. The van der Waals surface area contributed by atoms with Crippen molar-refractivity contribution >= 4 is 11.9 Å². The van der Waals surface area contributed by atoms with Crippen molar-refractivity contribution in [1.29, 1.82) is 0 Å². The van der Waals surface area contributed by atoms with Gasteiger partial charge in [-0.15, -0.1) is 0 Å². The van der Waals surface area contributed by atoms with Gasteiger partial charge in [0.25, 0.3) is 5.66 Å². The standard InChI is InChI=1S/C26H50N2O3/c1-6-8-9-10-11-12-13-14-15-16-17-18-19-20-21-22-24(29)27-26(23-7-2,25(30)31)28(3,4)5/h14-15H,6-13,16-23H2,1-5H3,(H-,27,29,30,31)/p+1. The molecule has 0 aromatic rings. The van der Waals surface area contributed by atoms with Gasteiger partial charge < -0.3 is 5.11 Å². The van der Waals surface area contributed by atoms with Crippen LogP contribution in [0.1, 0.15) is 117 Å². The average Bonchev–Trinajstić information content (AvgIpc) is 2.69. The lowest BCUT2D eigenvalue weighted by atomic mass is 9.99. The van der Waals surface area contributed by atoms with Gasteiger partial charge in [-0.05, 0) is 38.5 Å². The van der Waals surface area contributed by atoms with Crippen LogP contribution in [0.2, 0.25) is 0 Å². The van der Waals surface area contributed by atoms with Gasteiger partial charge in [-0.25, -0.2) is 4.79 Å². The van der Waals surface area contributed by atoms with Crippen LogP contribution in [0.15, 0.2) is 12.2 Å². The molecule has 0 heterocycles. The molecule has 0 bridgehead atoms. The summed E-state index contributed by atoms with van der Waals surface area (Å²) in [6.45, 7) is 4.20. The Morgan fingerprint density at radius 3 is 1.71 bits per heavy atom. The highest BCUT2D eigenvalue weighted by Crippen LogP contribution is 2.23. The number of carboxylic acids is 1. The van der Waals surface area contributed by atoms with Gasteiger partial charge in [0.15, 0.2) is 0 Å². The Morgan fingerprint density at radius 2 is 1.26 bits per heavy atom. The molecular weight excluding hydrogens is 388 g/mol. The number of likely N-dealkylation sites (N-methyl/N-ethyl adjacent to an activating group) is 1. The van der Waals surface area contributed by atoms with Crippen LogP contribution in [0.5, 0.6) is 0 Å². The number of quaternary nitrogens is 1. The number of nitrogens with zero attached hydrogens (tertiary/aromatic N) is 1. The van der Waals surface area contributed by atoms with Crippen molar-refractivity contribution in [3.63, 3.8) is 0 Å². The normalized spacial score (nSPS) is 14.0. The smallest absolute Gasteiger partial charge is 0.388 e. The number of unbranched alkanes of at least 4 members (excludes halogenated alkanes) is 11. The Bertz CT molecular complexity index is 511. The molecule has 2 N–H and O–H groups in total. The third kappa shape index (κ3) is 12.9. The number of aliphatic carboxylic acids is 1. The minimum Gasteiger partial charge on any atom is -0.475 e. The highest BCUT2D eigenvalue weighted by molar-refractivity contribution is 5.85. The number of carbonyl (C=O) groups excluding carboxylic acids is 1. The number of hydrogen-bond donors (Lipinski definition) is 2. The quantitative estimate of drug-likeness (QED) is 0.0994. The summed E-state index contributed by atoms with van der Waals surface area (Å²) in [7, 11) is 5.48. The second kappa shape index (κ2) is 17.2. The van der Waals surface area contributed by atoms with Gasteiger partial charge in [0, 0.05) is 12.8 Å². The average molecular weight is 440 g/mol. The van der Waals surface area contributed by atoms with Gasteiger partial charge in [0.1, 0.15) is 0 Å². The number of carboxylic acid groups (broad SMARTS) is 1. The van der Waals surface area contributed by atoms with Crippen molar-refractivity contribution in [1.82, 2.24) is 5.32 Å². The summed E-state index contributed by atoms with van der Waals surface area (Å²) in [5, 5.41) is 12.7. The molecule has 5 nitrogen and oxygen atoms in total. The molecule has 5 heteroatoms. The Hall–Kier alpha value is -1.36. The molecule has 31 heavy (non-hydrogen) atoms. The second-order valence-electron chi connectivity index (χ2n) is 9.81. The van der Waals surface area contributed by atoms with Crippen LogP contribution < -0.4 is 5.32 Å². The van der Waals surface area contributed by atoms with Crippen molar-refractivity contribution in [2.45, 2.75) is 122 Å². The largest absolute Gasteiger partial charge is 0.475 e. The van der Waals surface area contributed by atoms with E-state index in [9.17, 15) is 14.7 Å². The molecule has 1 atom stereocenters. The van der Waals surface area contributed by atoms with E-state index in [1.807, 2.05) is 28.1 Å². The molecule has 0 saturated heterocycles. The molecule has 182 valence electrons. The van der Waals surface area contributed by atoms with E-state index in [2.05, 4.69) is 24.4 Å². The Balaban J connectivity index is 3.90. The summed E-state index contributed by atoms with van der Waals surface area (Å²) in [6.07, 6.45) is 22.0. The molecule has 0 fully saturated rings. The Morgan fingerprint density at radius 1 is 0.774 bits per heavy atom. The molecule has 0 aliphatic carbocycles. The molecule has 0 saturated carbocycles. The summed E-state index contributed by atoms with van der Waals surface area (Å²) in [4.78, 5) is 24.4. The van der Waals surface area contributed by atoms with Crippen LogP contribution in [0.25, 0.3) is 0 Å².